The molecule has 0 saturated carbocycles. The lowest BCUT2D eigenvalue weighted by Crippen LogP contribution is -2.06. The van der Waals surface area contributed by atoms with E-state index in [4.69, 9.17) is 0 Å². The second-order valence-corrected chi connectivity index (χ2v) is 6.64. The van der Waals surface area contributed by atoms with Gasteiger partial charge in [0.1, 0.15) is 0 Å². The quantitative estimate of drug-likeness (QED) is 0.431. The van der Waals surface area contributed by atoms with Crippen molar-refractivity contribution in [2.75, 3.05) is 0 Å². The van der Waals surface area contributed by atoms with Crippen LogP contribution in [-0.2, 0) is 0 Å². The zero-order valence-electron chi connectivity index (χ0n) is 12.2. The number of aryl methyl sites for hydroxylation is 1. The van der Waals surface area contributed by atoms with Crippen molar-refractivity contribution < 1.29 is 0 Å². The molecule has 0 aliphatic rings. The molecule has 0 fully saturated rings. The van der Waals surface area contributed by atoms with Gasteiger partial charge in [-0.3, -0.25) is 4.79 Å². The maximum absolute atomic E-state index is 13.2. The molecule has 0 spiro atoms. The topological polar surface area (TPSA) is 17.1 Å². The van der Waals surface area contributed by atoms with Crippen LogP contribution in [0, 0.1) is 6.92 Å². The van der Waals surface area contributed by atoms with Crippen LogP contribution in [0.3, 0.4) is 0 Å². The Kier molecular flexibility index (Phi) is 3.05. The van der Waals surface area contributed by atoms with Gasteiger partial charge in [-0.2, -0.15) is 0 Å². The zero-order valence-corrected chi connectivity index (χ0v) is 13.0. The van der Waals surface area contributed by atoms with Crippen molar-refractivity contribution in [1.82, 2.24) is 0 Å². The molecule has 2 heteroatoms. The Bertz CT molecular complexity index is 1050. The fraction of sp³-hybridized carbons (Fsp3) is 0.0500. The lowest BCUT2D eigenvalue weighted by Gasteiger charge is -2.09. The zero-order chi connectivity index (χ0) is 15.1. The SMILES string of the molecule is Cc1sc2ccc3ccccc3c2c(=O)c1-c1ccccc1. The van der Waals surface area contributed by atoms with E-state index in [2.05, 4.69) is 18.2 Å². The molecule has 22 heavy (non-hydrogen) atoms. The minimum Gasteiger partial charge on any atom is -0.288 e. The van der Waals surface area contributed by atoms with Gasteiger partial charge in [-0.25, -0.2) is 0 Å². The van der Waals surface area contributed by atoms with Crippen molar-refractivity contribution >= 4 is 32.2 Å². The van der Waals surface area contributed by atoms with Crippen LogP contribution in [0.4, 0.5) is 0 Å². The first kappa shape index (κ1) is 13.2. The Hall–Kier alpha value is -2.45. The molecule has 0 aliphatic heterocycles. The monoisotopic (exact) mass is 302 g/mol. The summed E-state index contributed by atoms with van der Waals surface area (Å²) in [5.74, 6) is 0. The third-order valence-corrected chi connectivity index (χ3v) is 5.09. The van der Waals surface area contributed by atoms with Crippen molar-refractivity contribution in [3.8, 4) is 11.1 Å². The molecule has 3 aromatic carbocycles. The Morgan fingerprint density at radius 2 is 1.55 bits per heavy atom. The molecule has 0 amide bonds. The summed E-state index contributed by atoms with van der Waals surface area (Å²) in [7, 11) is 0. The smallest absolute Gasteiger partial charge is 0.196 e. The second kappa shape index (κ2) is 5.08. The first-order valence-corrected chi connectivity index (χ1v) is 8.08. The third-order valence-electron chi connectivity index (χ3n) is 4.02. The highest BCUT2D eigenvalue weighted by Gasteiger charge is 2.13. The van der Waals surface area contributed by atoms with Gasteiger partial charge in [0.25, 0.3) is 0 Å². The van der Waals surface area contributed by atoms with E-state index >= 15 is 0 Å². The van der Waals surface area contributed by atoms with Crippen molar-refractivity contribution in [2.24, 2.45) is 0 Å². The molecule has 0 bridgehead atoms. The fourth-order valence-corrected chi connectivity index (χ4v) is 4.09. The minimum atomic E-state index is 0.134. The highest BCUT2D eigenvalue weighted by molar-refractivity contribution is 7.18. The summed E-state index contributed by atoms with van der Waals surface area (Å²) < 4.78 is 1.06. The van der Waals surface area contributed by atoms with E-state index in [1.807, 2.05) is 55.5 Å². The van der Waals surface area contributed by atoms with E-state index in [1.54, 1.807) is 11.3 Å². The first-order chi connectivity index (χ1) is 10.8. The van der Waals surface area contributed by atoms with Crippen molar-refractivity contribution in [3.05, 3.63) is 81.8 Å². The Labute approximate surface area is 132 Å². The third kappa shape index (κ3) is 1.96. The fourth-order valence-electron chi connectivity index (χ4n) is 3.01. The molecule has 0 saturated heterocycles. The van der Waals surface area contributed by atoms with E-state index in [1.165, 1.54) is 0 Å². The van der Waals surface area contributed by atoms with Crippen molar-refractivity contribution in [2.45, 2.75) is 6.92 Å². The van der Waals surface area contributed by atoms with Gasteiger partial charge in [-0.05, 0) is 29.3 Å². The van der Waals surface area contributed by atoms with Gasteiger partial charge in [-0.15, -0.1) is 11.3 Å². The summed E-state index contributed by atoms with van der Waals surface area (Å²) in [5, 5.41) is 2.99. The maximum Gasteiger partial charge on any atom is 0.196 e. The lowest BCUT2D eigenvalue weighted by molar-refractivity contribution is 1.53. The number of fused-ring (bicyclic) bond motifs is 3. The molecule has 0 unspecified atom stereocenters. The molecule has 0 N–H and O–H groups in total. The van der Waals surface area contributed by atoms with Crippen LogP contribution in [0.25, 0.3) is 32.0 Å². The van der Waals surface area contributed by atoms with Crippen LogP contribution in [0.5, 0.6) is 0 Å². The number of rotatable bonds is 1. The molecular formula is C20H14OS. The predicted molar refractivity (Wildman–Crippen MR) is 95.8 cm³/mol. The summed E-state index contributed by atoms with van der Waals surface area (Å²) >= 11 is 1.69. The summed E-state index contributed by atoms with van der Waals surface area (Å²) in [6.07, 6.45) is 0. The van der Waals surface area contributed by atoms with Gasteiger partial charge in [0.2, 0.25) is 0 Å². The summed E-state index contributed by atoms with van der Waals surface area (Å²) in [6.45, 7) is 2.03. The van der Waals surface area contributed by atoms with Crippen LogP contribution >= 0.6 is 11.3 Å². The molecule has 1 aromatic heterocycles. The summed E-state index contributed by atoms with van der Waals surface area (Å²) in [4.78, 5) is 14.2. The molecule has 0 radical (unpaired) electrons. The van der Waals surface area contributed by atoms with Gasteiger partial charge in [0, 0.05) is 20.5 Å². The Morgan fingerprint density at radius 1 is 0.818 bits per heavy atom. The van der Waals surface area contributed by atoms with Crippen LogP contribution in [-0.4, -0.2) is 0 Å². The Morgan fingerprint density at radius 3 is 2.36 bits per heavy atom. The summed E-state index contributed by atoms with van der Waals surface area (Å²) in [5.41, 5.74) is 1.96. The van der Waals surface area contributed by atoms with E-state index in [0.29, 0.717) is 0 Å². The first-order valence-electron chi connectivity index (χ1n) is 7.26. The number of benzene rings is 3. The highest BCUT2D eigenvalue weighted by atomic mass is 32.1. The average Bonchev–Trinajstić information content (AvgIpc) is 2.55. The molecule has 1 nitrogen and oxygen atoms in total. The molecule has 0 atom stereocenters. The van der Waals surface area contributed by atoms with Crippen LogP contribution < -0.4 is 5.43 Å². The largest absolute Gasteiger partial charge is 0.288 e. The Balaban J connectivity index is 2.20. The normalized spacial score (nSPS) is 11.1. The van der Waals surface area contributed by atoms with E-state index < -0.39 is 0 Å². The minimum absolute atomic E-state index is 0.134. The van der Waals surface area contributed by atoms with E-state index in [9.17, 15) is 4.79 Å². The maximum atomic E-state index is 13.2. The molecule has 1 heterocycles. The standard InChI is InChI=1S/C20H14OS/c1-13-18(15-8-3-2-4-9-15)20(21)19-16-10-6-5-7-14(16)11-12-17(19)22-13/h2-12H,1H3. The van der Waals surface area contributed by atoms with E-state index in [-0.39, 0.29) is 5.43 Å². The second-order valence-electron chi connectivity index (χ2n) is 5.39. The lowest BCUT2D eigenvalue weighted by atomic mass is 10.0. The van der Waals surface area contributed by atoms with Crippen LogP contribution in [0.1, 0.15) is 4.88 Å². The molecule has 4 aromatic rings. The molecule has 0 aliphatic carbocycles. The van der Waals surface area contributed by atoms with Crippen LogP contribution in [0.15, 0.2) is 71.5 Å². The molecule has 4 rings (SSSR count). The van der Waals surface area contributed by atoms with Gasteiger partial charge < -0.3 is 0 Å². The van der Waals surface area contributed by atoms with Gasteiger partial charge in [0.15, 0.2) is 5.43 Å². The van der Waals surface area contributed by atoms with Gasteiger partial charge >= 0.3 is 0 Å². The van der Waals surface area contributed by atoms with Crippen molar-refractivity contribution in [3.63, 3.8) is 0 Å². The van der Waals surface area contributed by atoms with Crippen LogP contribution in [0.2, 0.25) is 0 Å². The highest BCUT2D eigenvalue weighted by Crippen LogP contribution is 2.31. The number of hydrogen-bond acceptors (Lipinski definition) is 2. The summed E-state index contributed by atoms with van der Waals surface area (Å²) in [6, 6.07) is 22.2. The number of hydrogen-bond donors (Lipinski definition) is 0. The molecular weight excluding hydrogens is 288 g/mol. The van der Waals surface area contributed by atoms with Gasteiger partial charge in [0.05, 0.1) is 0 Å². The van der Waals surface area contributed by atoms with Crippen molar-refractivity contribution in [1.29, 1.82) is 0 Å². The predicted octanol–water partition coefficient (Wildman–Crippen LogP) is 5.39. The average molecular weight is 302 g/mol. The van der Waals surface area contributed by atoms with E-state index in [0.717, 1.165) is 36.9 Å². The van der Waals surface area contributed by atoms with Gasteiger partial charge in [-0.1, -0.05) is 60.7 Å². The molecule has 106 valence electrons.